The number of pyridine rings is 1. The number of benzene rings is 1. The summed E-state index contributed by atoms with van der Waals surface area (Å²) in [5.41, 5.74) is 4.64. The Kier molecular flexibility index (Phi) is 7.05. The molecule has 3 N–H and O–H groups in total. The predicted octanol–water partition coefficient (Wildman–Crippen LogP) is 3.31. The molecule has 1 unspecified atom stereocenters. The number of nitrogens with zero attached hydrogens (tertiary/aromatic N) is 4. The molecule has 0 bridgehead atoms. The Morgan fingerprint density at radius 3 is 2.77 bits per heavy atom. The lowest BCUT2D eigenvalue weighted by molar-refractivity contribution is -0.150. The molecular formula is C28H34ClN7O4. The number of morpholine rings is 1. The van der Waals surface area contributed by atoms with Crippen LogP contribution in [0.15, 0.2) is 35.7 Å². The number of likely N-dealkylation sites (tertiary alicyclic amines) is 1. The number of aromatic nitrogens is 2. The van der Waals surface area contributed by atoms with E-state index < -0.39 is 11.6 Å². The van der Waals surface area contributed by atoms with E-state index in [-0.39, 0.29) is 37.1 Å². The molecular weight excluding hydrogens is 534 g/mol. The summed E-state index contributed by atoms with van der Waals surface area (Å²) >= 11 is 6.45. The fraction of sp³-hybridized carbons (Fsp3) is 0.500. The highest BCUT2D eigenvalue weighted by Gasteiger charge is 2.40. The number of carbonyl (C=O) groups is 2. The summed E-state index contributed by atoms with van der Waals surface area (Å²) in [6.07, 6.45) is 4.94. The molecule has 0 spiro atoms. The Morgan fingerprint density at radius 2 is 2.02 bits per heavy atom. The molecule has 3 aromatic rings. The average Bonchev–Trinajstić information content (AvgIpc) is 3.52. The van der Waals surface area contributed by atoms with Gasteiger partial charge in [-0.25, -0.2) is 0 Å². The van der Waals surface area contributed by atoms with Crippen molar-refractivity contribution in [2.75, 3.05) is 38.1 Å². The maximum absolute atomic E-state index is 13.7. The Balaban J connectivity index is 1.16. The van der Waals surface area contributed by atoms with Gasteiger partial charge in [-0.2, -0.15) is 0 Å². The summed E-state index contributed by atoms with van der Waals surface area (Å²) < 4.78 is 11.8. The number of fused-ring (bicyclic) bond motifs is 3. The van der Waals surface area contributed by atoms with Gasteiger partial charge < -0.3 is 24.7 Å². The molecule has 2 aromatic heterocycles. The first-order valence-electron chi connectivity index (χ1n) is 13.7. The Morgan fingerprint density at radius 1 is 1.23 bits per heavy atom. The van der Waals surface area contributed by atoms with Crippen LogP contribution in [0.3, 0.4) is 0 Å². The molecule has 2 saturated heterocycles. The molecule has 40 heavy (non-hydrogen) atoms. The van der Waals surface area contributed by atoms with Gasteiger partial charge in [-0.15, -0.1) is 5.10 Å². The Labute approximate surface area is 237 Å². The highest BCUT2D eigenvalue weighted by molar-refractivity contribution is 6.33. The van der Waals surface area contributed by atoms with Crippen LogP contribution in [0.2, 0.25) is 5.02 Å². The first-order chi connectivity index (χ1) is 19.2. The van der Waals surface area contributed by atoms with Crippen molar-refractivity contribution in [1.29, 1.82) is 0 Å². The van der Waals surface area contributed by atoms with Crippen molar-refractivity contribution in [3.05, 3.63) is 35.6 Å². The molecule has 2 atom stereocenters. The number of hydrogen-bond donors (Lipinski definition) is 3. The quantitative estimate of drug-likeness (QED) is 0.432. The molecule has 3 aliphatic heterocycles. The minimum atomic E-state index is -0.636. The van der Waals surface area contributed by atoms with Crippen LogP contribution in [0.4, 0.5) is 5.69 Å². The van der Waals surface area contributed by atoms with E-state index in [0.29, 0.717) is 30.3 Å². The third-order valence-corrected chi connectivity index (χ3v) is 8.10. The summed E-state index contributed by atoms with van der Waals surface area (Å²) in [5.74, 6) is 0.688. The van der Waals surface area contributed by atoms with E-state index in [2.05, 4.69) is 25.8 Å². The average molecular weight is 568 g/mol. The van der Waals surface area contributed by atoms with Gasteiger partial charge in [-0.05, 0) is 51.8 Å². The van der Waals surface area contributed by atoms with E-state index in [1.165, 1.54) is 0 Å². The lowest BCUT2D eigenvalue weighted by atomic mass is 9.96. The number of anilines is 1. The zero-order valence-corrected chi connectivity index (χ0v) is 23.6. The lowest BCUT2D eigenvalue weighted by Crippen LogP contribution is -2.60. The van der Waals surface area contributed by atoms with Gasteiger partial charge in [0.25, 0.3) is 0 Å². The highest BCUT2D eigenvalue weighted by atomic mass is 35.5. The van der Waals surface area contributed by atoms with Crippen molar-refractivity contribution in [1.82, 2.24) is 25.2 Å². The molecule has 2 amide bonds. The van der Waals surface area contributed by atoms with Gasteiger partial charge in [0.1, 0.15) is 6.04 Å². The van der Waals surface area contributed by atoms with Crippen molar-refractivity contribution in [3.63, 3.8) is 0 Å². The second kappa shape index (κ2) is 10.5. The number of amides is 2. The van der Waals surface area contributed by atoms with Gasteiger partial charge in [0.2, 0.25) is 17.7 Å². The normalized spacial score (nSPS) is 23.6. The number of halogens is 1. The van der Waals surface area contributed by atoms with Gasteiger partial charge in [-0.1, -0.05) is 11.6 Å². The first-order valence-corrected chi connectivity index (χ1v) is 14.1. The van der Waals surface area contributed by atoms with Crippen molar-refractivity contribution < 1.29 is 19.1 Å². The van der Waals surface area contributed by atoms with Crippen molar-refractivity contribution in [2.45, 2.75) is 51.5 Å². The largest absolute Gasteiger partial charge is 0.455 e. The molecule has 0 aliphatic carbocycles. The molecule has 12 heteroatoms. The first kappa shape index (κ1) is 26.8. The van der Waals surface area contributed by atoms with E-state index in [9.17, 15) is 9.59 Å². The van der Waals surface area contributed by atoms with E-state index in [1.54, 1.807) is 18.5 Å². The molecule has 11 nitrogen and oxygen atoms in total. The summed E-state index contributed by atoms with van der Waals surface area (Å²) in [7, 11) is 0. The van der Waals surface area contributed by atoms with Crippen LogP contribution in [0.5, 0.6) is 0 Å². The lowest BCUT2D eigenvalue weighted by Gasteiger charge is -2.43. The SMILES string of the molecule is CC1NN=C(C2CCN(C(=O)CN3CC(C)(C)OC[C@H]3C(=O)Nc3cc(Cl)cc4c3[nH]c3cnccc34)CC2)O1. The van der Waals surface area contributed by atoms with Crippen LogP contribution in [-0.2, 0) is 19.1 Å². The van der Waals surface area contributed by atoms with Crippen molar-refractivity contribution in [3.8, 4) is 0 Å². The third kappa shape index (κ3) is 5.33. The summed E-state index contributed by atoms with van der Waals surface area (Å²) in [6, 6.07) is 4.87. The van der Waals surface area contributed by atoms with Gasteiger partial charge in [-0.3, -0.25) is 24.9 Å². The number of hydrogen-bond acceptors (Lipinski definition) is 8. The van der Waals surface area contributed by atoms with Crippen LogP contribution in [0.25, 0.3) is 21.8 Å². The fourth-order valence-electron chi connectivity index (χ4n) is 5.82. The Bertz CT molecular complexity index is 1480. The van der Waals surface area contributed by atoms with Crippen LogP contribution >= 0.6 is 11.6 Å². The monoisotopic (exact) mass is 567 g/mol. The number of piperidine rings is 1. The Hall–Kier alpha value is -3.41. The fourth-order valence-corrected chi connectivity index (χ4v) is 6.04. The summed E-state index contributed by atoms with van der Waals surface area (Å²) in [4.78, 5) is 38.4. The van der Waals surface area contributed by atoms with Gasteiger partial charge >= 0.3 is 0 Å². The molecule has 5 heterocycles. The number of carbonyl (C=O) groups excluding carboxylic acids is 2. The van der Waals surface area contributed by atoms with E-state index >= 15 is 0 Å². The predicted molar refractivity (Wildman–Crippen MR) is 153 cm³/mol. The molecule has 2 fully saturated rings. The number of H-pyrrole nitrogens is 1. The van der Waals surface area contributed by atoms with Crippen LogP contribution in [0, 0.1) is 5.92 Å². The van der Waals surface area contributed by atoms with Gasteiger partial charge in [0, 0.05) is 47.5 Å². The van der Waals surface area contributed by atoms with Crippen LogP contribution in [0.1, 0.15) is 33.6 Å². The zero-order chi connectivity index (χ0) is 28.0. The van der Waals surface area contributed by atoms with E-state index in [1.807, 2.05) is 42.7 Å². The minimum Gasteiger partial charge on any atom is -0.455 e. The highest BCUT2D eigenvalue weighted by Crippen LogP contribution is 2.34. The molecule has 0 radical (unpaired) electrons. The molecule has 212 valence electrons. The molecule has 1 aromatic carbocycles. The van der Waals surface area contributed by atoms with Crippen molar-refractivity contribution in [2.24, 2.45) is 11.0 Å². The zero-order valence-electron chi connectivity index (χ0n) is 22.9. The second-order valence-corrected chi connectivity index (χ2v) is 11.8. The van der Waals surface area contributed by atoms with Crippen LogP contribution in [-0.4, -0.2) is 88.1 Å². The number of hydrazone groups is 1. The standard InChI is InChI=1S/C28H34ClN7O4/c1-16-33-34-27(40-16)17-5-8-35(9-6-17)24(37)13-36-15-28(2,3)39-14-23(36)26(38)32-21-11-18(29)10-20-19-4-7-30-12-22(19)31-25(20)21/h4,7,10-12,16-17,23,31,33H,5-6,8-9,13-15H2,1-3H3,(H,32,38)/t16?,23-/m0/s1. The number of aromatic amines is 1. The second-order valence-electron chi connectivity index (χ2n) is 11.4. The maximum Gasteiger partial charge on any atom is 0.244 e. The molecule has 3 aliphatic rings. The number of nitrogens with one attached hydrogen (secondary N) is 3. The summed E-state index contributed by atoms with van der Waals surface area (Å²) in [5, 5.41) is 9.71. The molecule has 6 rings (SSSR count). The maximum atomic E-state index is 13.7. The van der Waals surface area contributed by atoms with Gasteiger partial charge in [0.15, 0.2) is 6.23 Å². The van der Waals surface area contributed by atoms with Gasteiger partial charge in [0.05, 0.1) is 41.7 Å². The topological polar surface area (TPSA) is 124 Å². The van der Waals surface area contributed by atoms with E-state index in [0.717, 1.165) is 40.5 Å². The number of rotatable bonds is 5. The van der Waals surface area contributed by atoms with E-state index in [4.69, 9.17) is 21.1 Å². The number of ether oxygens (including phenoxy) is 2. The van der Waals surface area contributed by atoms with Crippen molar-refractivity contribution >= 4 is 56.8 Å². The van der Waals surface area contributed by atoms with Crippen LogP contribution < -0.4 is 10.7 Å². The third-order valence-electron chi connectivity index (χ3n) is 7.88. The summed E-state index contributed by atoms with van der Waals surface area (Å²) in [6.45, 7) is 7.87. The minimum absolute atomic E-state index is 0.00276. The smallest absolute Gasteiger partial charge is 0.244 e. The molecule has 0 saturated carbocycles.